The molecule has 0 amide bonds. The van der Waals surface area contributed by atoms with Gasteiger partial charge in [-0.15, -0.1) is 24.0 Å². The minimum atomic E-state index is -3.11. The molecule has 0 saturated carbocycles. The third kappa shape index (κ3) is 6.95. The fourth-order valence-electron chi connectivity index (χ4n) is 2.74. The summed E-state index contributed by atoms with van der Waals surface area (Å²) in [5.41, 5.74) is 0.614. The molecule has 0 unspecified atom stereocenters. The molecule has 0 spiro atoms. The number of piperidine rings is 1. The van der Waals surface area contributed by atoms with Crippen LogP contribution < -0.4 is 10.6 Å². The number of sulfonamides is 1. The van der Waals surface area contributed by atoms with Gasteiger partial charge in [0.2, 0.25) is 10.0 Å². The molecule has 0 radical (unpaired) electrons. The van der Waals surface area contributed by atoms with Gasteiger partial charge >= 0.3 is 0 Å². The van der Waals surface area contributed by atoms with E-state index in [0.717, 1.165) is 25.0 Å². The maximum absolute atomic E-state index is 13.2. The van der Waals surface area contributed by atoms with E-state index in [9.17, 15) is 17.2 Å². The highest BCUT2D eigenvalue weighted by Crippen LogP contribution is 2.18. The monoisotopic (exact) mass is 502 g/mol. The van der Waals surface area contributed by atoms with Gasteiger partial charge in [0, 0.05) is 33.2 Å². The quantitative estimate of drug-likeness (QED) is 0.367. The Labute approximate surface area is 170 Å². The Kier molecular flexibility index (Phi) is 9.17. The summed E-state index contributed by atoms with van der Waals surface area (Å²) < 4.78 is 50.6. The summed E-state index contributed by atoms with van der Waals surface area (Å²) in [5.74, 6) is -0.818. The molecular weight excluding hydrogens is 477 g/mol. The van der Waals surface area contributed by atoms with Gasteiger partial charge in [0.05, 0.1) is 6.26 Å². The lowest BCUT2D eigenvalue weighted by Gasteiger charge is -2.30. The molecule has 1 saturated heterocycles. The van der Waals surface area contributed by atoms with E-state index in [1.807, 2.05) is 0 Å². The summed E-state index contributed by atoms with van der Waals surface area (Å²) in [4.78, 5) is 4.10. The van der Waals surface area contributed by atoms with Crippen molar-refractivity contribution in [2.45, 2.75) is 19.4 Å². The summed E-state index contributed by atoms with van der Waals surface area (Å²) in [5, 5.41) is 6.24. The number of nitrogens with one attached hydrogen (secondary N) is 2. The van der Waals surface area contributed by atoms with E-state index in [0.29, 0.717) is 43.6 Å². The Morgan fingerprint density at radius 3 is 2.42 bits per heavy atom. The molecule has 1 fully saturated rings. The van der Waals surface area contributed by atoms with Gasteiger partial charge in [-0.25, -0.2) is 21.5 Å². The number of rotatable bonds is 5. The molecule has 0 aromatic heterocycles. The van der Waals surface area contributed by atoms with Crippen LogP contribution >= 0.6 is 24.0 Å². The predicted molar refractivity (Wildman–Crippen MR) is 109 cm³/mol. The van der Waals surface area contributed by atoms with Crippen LogP contribution in [0.5, 0.6) is 0 Å². The van der Waals surface area contributed by atoms with Crippen LogP contribution in [-0.4, -0.2) is 51.6 Å². The highest BCUT2D eigenvalue weighted by atomic mass is 127. The van der Waals surface area contributed by atoms with Crippen molar-refractivity contribution in [3.05, 3.63) is 35.4 Å². The second-order valence-electron chi connectivity index (χ2n) is 6.16. The van der Waals surface area contributed by atoms with Crippen molar-refractivity contribution >= 4 is 40.0 Å². The fraction of sp³-hybridized carbons (Fsp3) is 0.562. The average Bonchev–Trinajstić information content (AvgIpc) is 2.57. The molecule has 1 aliphatic rings. The van der Waals surface area contributed by atoms with E-state index in [2.05, 4.69) is 15.6 Å². The fourth-order valence-corrected chi connectivity index (χ4v) is 3.62. The van der Waals surface area contributed by atoms with E-state index in [-0.39, 0.29) is 24.0 Å². The zero-order chi connectivity index (χ0) is 18.4. The van der Waals surface area contributed by atoms with Gasteiger partial charge in [0.1, 0.15) is 0 Å². The minimum Gasteiger partial charge on any atom is -0.356 e. The highest BCUT2D eigenvalue weighted by molar-refractivity contribution is 14.0. The van der Waals surface area contributed by atoms with E-state index in [1.165, 1.54) is 16.6 Å². The van der Waals surface area contributed by atoms with Crippen molar-refractivity contribution in [3.8, 4) is 0 Å². The maximum atomic E-state index is 13.2. The Morgan fingerprint density at radius 1 is 1.23 bits per heavy atom. The topological polar surface area (TPSA) is 73.8 Å². The first-order valence-corrected chi connectivity index (χ1v) is 9.98. The molecule has 1 aromatic rings. The molecule has 1 aliphatic heterocycles. The largest absolute Gasteiger partial charge is 0.356 e. The molecule has 6 nitrogen and oxygen atoms in total. The first-order valence-electron chi connectivity index (χ1n) is 8.13. The number of benzene rings is 1. The Bertz CT molecular complexity index is 723. The van der Waals surface area contributed by atoms with Gasteiger partial charge in [0.15, 0.2) is 17.6 Å². The summed E-state index contributed by atoms with van der Waals surface area (Å²) in [7, 11) is -1.48. The lowest BCUT2D eigenvalue weighted by molar-refractivity contribution is 0.275. The summed E-state index contributed by atoms with van der Waals surface area (Å²) in [6.07, 6.45) is 2.82. The van der Waals surface area contributed by atoms with Gasteiger partial charge < -0.3 is 10.6 Å². The molecule has 26 heavy (non-hydrogen) atoms. The summed E-state index contributed by atoms with van der Waals surface area (Å²) >= 11 is 0. The van der Waals surface area contributed by atoms with Crippen LogP contribution in [0.15, 0.2) is 23.2 Å². The molecule has 1 heterocycles. The van der Waals surface area contributed by atoms with E-state index < -0.39 is 21.7 Å². The lowest BCUT2D eigenvalue weighted by Crippen LogP contribution is -2.43. The molecule has 1 aromatic carbocycles. The van der Waals surface area contributed by atoms with Crippen molar-refractivity contribution in [1.82, 2.24) is 14.9 Å². The van der Waals surface area contributed by atoms with Crippen molar-refractivity contribution < 1.29 is 17.2 Å². The van der Waals surface area contributed by atoms with Crippen molar-refractivity contribution in [1.29, 1.82) is 0 Å². The summed E-state index contributed by atoms with van der Waals surface area (Å²) in [6, 6.07) is 3.76. The van der Waals surface area contributed by atoms with E-state index in [4.69, 9.17) is 0 Å². The SMILES string of the molecule is CN=C(NCc1ccc(F)c(F)c1)NCC1CCN(S(C)(=O)=O)CC1.I. The second kappa shape index (κ2) is 10.4. The standard InChI is InChI=1S/C16H24F2N4O2S.HI/c1-19-16(21-11-13-3-4-14(17)15(18)9-13)20-10-12-5-7-22(8-6-12)25(2,23)24;/h3-4,9,12H,5-8,10-11H2,1-2H3,(H2,19,20,21);1H. The van der Waals surface area contributed by atoms with E-state index >= 15 is 0 Å². The van der Waals surface area contributed by atoms with Crippen molar-refractivity contribution in [3.63, 3.8) is 0 Å². The molecule has 0 aliphatic carbocycles. The smallest absolute Gasteiger partial charge is 0.211 e. The predicted octanol–water partition coefficient (Wildman–Crippen LogP) is 1.92. The van der Waals surface area contributed by atoms with E-state index in [1.54, 1.807) is 7.05 Å². The van der Waals surface area contributed by atoms with Crippen LogP contribution in [0.1, 0.15) is 18.4 Å². The maximum Gasteiger partial charge on any atom is 0.211 e. The highest BCUT2D eigenvalue weighted by Gasteiger charge is 2.24. The number of hydrogen-bond donors (Lipinski definition) is 2. The molecule has 148 valence electrons. The minimum absolute atomic E-state index is 0. The number of guanidine groups is 1. The average molecular weight is 502 g/mol. The first-order chi connectivity index (χ1) is 11.8. The normalized spacial score (nSPS) is 16.8. The Balaban J connectivity index is 0.00000338. The number of hydrogen-bond acceptors (Lipinski definition) is 3. The number of aliphatic imine (C=N–C) groups is 1. The van der Waals surface area contributed by atoms with Gasteiger partial charge in [-0.3, -0.25) is 4.99 Å². The van der Waals surface area contributed by atoms with Crippen LogP contribution in [0.3, 0.4) is 0 Å². The molecule has 10 heteroatoms. The Morgan fingerprint density at radius 2 is 1.88 bits per heavy atom. The first kappa shape index (κ1) is 23.0. The zero-order valence-electron chi connectivity index (χ0n) is 14.8. The second-order valence-corrected chi connectivity index (χ2v) is 8.14. The molecule has 2 rings (SSSR count). The molecule has 0 bridgehead atoms. The summed E-state index contributed by atoms with van der Waals surface area (Å²) in [6.45, 7) is 2.07. The van der Waals surface area contributed by atoms with Crippen LogP contribution in [-0.2, 0) is 16.6 Å². The van der Waals surface area contributed by atoms with Crippen LogP contribution in [0.25, 0.3) is 0 Å². The zero-order valence-corrected chi connectivity index (χ0v) is 18.0. The lowest BCUT2D eigenvalue weighted by atomic mass is 9.98. The Hall–Kier alpha value is -1.01. The third-order valence-electron chi connectivity index (χ3n) is 4.27. The van der Waals surface area contributed by atoms with Crippen LogP contribution in [0.4, 0.5) is 8.78 Å². The van der Waals surface area contributed by atoms with Crippen LogP contribution in [0, 0.1) is 17.6 Å². The number of halogens is 3. The molecule has 0 atom stereocenters. The van der Waals surface area contributed by atoms with Gasteiger partial charge in [-0.1, -0.05) is 6.07 Å². The van der Waals surface area contributed by atoms with Gasteiger partial charge in [-0.2, -0.15) is 0 Å². The van der Waals surface area contributed by atoms with Gasteiger partial charge in [-0.05, 0) is 36.5 Å². The number of nitrogens with zero attached hydrogens (tertiary/aromatic N) is 2. The van der Waals surface area contributed by atoms with Crippen LogP contribution in [0.2, 0.25) is 0 Å². The third-order valence-corrected chi connectivity index (χ3v) is 5.57. The molecule has 2 N–H and O–H groups in total. The molecular formula is C16H25F2IN4O2S. The van der Waals surface area contributed by atoms with Crippen molar-refractivity contribution in [2.75, 3.05) is 32.9 Å². The van der Waals surface area contributed by atoms with Crippen molar-refractivity contribution in [2.24, 2.45) is 10.9 Å². The van der Waals surface area contributed by atoms with Gasteiger partial charge in [0.25, 0.3) is 0 Å².